The number of aromatic nitrogens is 5. The van der Waals surface area contributed by atoms with E-state index in [1.54, 1.807) is 41.6 Å². The quantitative estimate of drug-likeness (QED) is 0.453. The molecule has 0 saturated heterocycles. The lowest BCUT2D eigenvalue weighted by Gasteiger charge is -2.09. The van der Waals surface area contributed by atoms with Crippen LogP contribution in [0.25, 0.3) is 16.8 Å². The SMILES string of the molecule is CN(C)C(=O)Cn1cc(-c2cccn3nc(Nc4ccc(C(=O)NC5CC5)cc4)nc23)cn1. The summed E-state index contributed by atoms with van der Waals surface area (Å²) in [5.74, 6) is 0.355. The molecule has 3 aromatic heterocycles. The first kappa shape index (κ1) is 20.7. The maximum absolute atomic E-state index is 12.2. The first-order chi connectivity index (χ1) is 16.0. The van der Waals surface area contributed by atoms with E-state index in [9.17, 15) is 9.59 Å². The van der Waals surface area contributed by atoms with Gasteiger partial charge in [-0.2, -0.15) is 10.1 Å². The normalized spacial score (nSPS) is 13.2. The second kappa shape index (κ2) is 8.38. The fourth-order valence-electron chi connectivity index (χ4n) is 3.38. The molecule has 0 spiro atoms. The van der Waals surface area contributed by atoms with Crippen LogP contribution in [0, 0.1) is 0 Å². The van der Waals surface area contributed by atoms with Gasteiger partial charge in [0.05, 0.1) is 6.20 Å². The third-order valence-corrected chi connectivity index (χ3v) is 5.42. The zero-order valence-corrected chi connectivity index (χ0v) is 18.4. The summed E-state index contributed by atoms with van der Waals surface area (Å²) in [7, 11) is 3.43. The van der Waals surface area contributed by atoms with Gasteiger partial charge in [0.2, 0.25) is 11.9 Å². The summed E-state index contributed by atoms with van der Waals surface area (Å²) in [6.45, 7) is 0.171. The summed E-state index contributed by atoms with van der Waals surface area (Å²) in [6.07, 6.45) is 7.47. The molecule has 1 saturated carbocycles. The number of likely N-dealkylation sites (N-methyl/N-ethyl adjacent to an activating group) is 1. The van der Waals surface area contributed by atoms with Crippen LogP contribution >= 0.6 is 0 Å². The molecule has 4 aromatic rings. The number of nitrogens with one attached hydrogen (secondary N) is 2. The van der Waals surface area contributed by atoms with Gasteiger partial charge < -0.3 is 15.5 Å². The van der Waals surface area contributed by atoms with Crippen molar-refractivity contribution in [2.45, 2.75) is 25.4 Å². The van der Waals surface area contributed by atoms with E-state index in [0.29, 0.717) is 23.2 Å². The van der Waals surface area contributed by atoms with Crippen LogP contribution in [0.4, 0.5) is 11.6 Å². The number of benzene rings is 1. The molecule has 1 aliphatic carbocycles. The number of hydrogen-bond donors (Lipinski definition) is 2. The molecule has 3 heterocycles. The highest BCUT2D eigenvalue weighted by Gasteiger charge is 2.23. The maximum Gasteiger partial charge on any atom is 0.251 e. The molecule has 33 heavy (non-hydrogen) atoms. The van der Waals surface area contributed by atoms with Crippen LogP contribution in [0.1, 0.15) is 23.2 Å². The van der Waals surface area contributed by atoms with Crippen molar-refractivity contribution in [1.29, 1.82) is 0 Å². The minimum atomic E-state index is -0.0487. The van der Waals surface area contributed by atoms with Gasteiger partial charge in [0.1, 0.15) is 6.54 Å². The molecule has 0 aliphatic heterocycles. The van der Waals surface area contributed by atoms with Crippen molar-refractivity contribution in [2.24, 2.45) is 0 Å². The van der Waals surface area contributed by atoms with Gasteiger partial charge in [-0.05, 0) is 49.2 Å². The van der Waals surface area contributed by atoms with E-state index >= 15 is 0 Å². The van der Waals surface area contributed by atoms with E-state index in [4.69, 9.17) is 0 Å². The number of amides is 2. The number of carbonyl (C=O) groups excluding carboxylic acids is 2. The molecule has 10 nitrogen and oxygen atoms in total. The van der Waals surface area contributed by atoms with Gasteiger partial charge in [-0.25, -0.2) is 4.52 Å². The van der Waals surface area contributed by atoms with Crippen molar-refractivity contribution in [1.82, 2.24) is 34.6 Å². The highest BCUT2D eigenvalue weighted by molar-refractivity contribution is 5.95. The highest BCUT2D eigenvalue weighted by atomic mass is 16.2. The Hall–Kier alpha value is -4.21. The fraction of sp³-hybridized carbons (Fsp3) is 0.261. The van der Waals surface area contributed by atoms with E-state index < -0.39 is 0 Å². The molecule has 0 atom stereocenters. The number of anilines is 2. The molecule has 5 rings (SSSR count). The van der Waals surface area contributed by atoms with Crippen LogP contribution in [-0.4, -0.2) is 61.2 Å². The van der Waals surface area contributed by atoms with Gasteiger partial charge in [0.15, 0.2) is 5.65 Å². The molecule has 0 radical (unpaired) electrons. The van der Waals surface area contributed by atoms with E-state index in [2.05, 4.69) is 25.8 Å². The Labute approximate surface area is 190 Å². The minimum absolute atomic E-state index is 0.0344. The van der Waals surface area contributed by atoms with Crippen LogP contribution in [0.5, 0.6) is 0 Å². The zero-order valence-electron chi connectivity index (χ0n) is 18.4. The lowest BCUT2D eigenvalue weighted by Crippen LogP contribution is -2.26. The fourth-order valence-corrected chi connectivity index (χ4v) is 3.38. The highest BCUT2D eigenvalue weighted by Crippen LogP contribution is 2.25. The van der Waals surface area contributed by atoms with E-state index in [-0.39, 0.29) is 18.4 Å². The zero-order chi connectivity index (χ0) is 22.9. The van der Waals surface area contributed by atoms with E-state index in [1.807, 2.05) is 36.7 Å². The Bertz CT molecular complexity index is 1320. The van der Waals surface area contributed by atoms with Gasteiger partial charge in [-0.3, -0.25) is 14.3 Å². The van der Waals surface area contributed by atoms with E-state index in [1.165, 1.54) is 4.90 Å². The number of carbonyl (C=O) groups is 2. The molecular weight excluding hydrogens is 420 g/mol. The molecule has 2 amide bonds. The monoisotopic (exact) mass is 444 g/mol. The second-order valence-electron chi connectivity index (χ2n) is 8.29. The molecule has 168 valence electrons. The number of rotatable bonds is 7. The lowest BCUT2D eigenvalue weighted by atomic mass is 10.1. The average Bonchev–Trinajstić information content (AvgIpc) is 3.32. The van der Waals surface area contributed by atoms with Crippen LogP contribution < -0.4 is 10.6 Å². The largest absolute Gasteiger partial charge is 0.349 e. The van der Waals surface area contributed by atoms with Crippen LogP contribution in [0.3, 0.4) is 0 Å². The molecule has 0 unspecified atom stereocenters. The average molecular weight is 444 g/mol. The summed E-state index contributed by atoms with van der Waals surface area (Å²) in [4.78, 5) is 30.3. The molecule has 2 N–H and O–H groups in total. The van der Waals surface area contributed by atoms with Gasteiger partial charge >= 0.3 is 0 Å². The first-order valence-electron chi connectivity index (χ1n) is 10.7. The topological polar surface area (TPSA) is 109 Å². The van der Waals surface area contributed by atoms with Crippen LogP contribution in [0.15, 0.2) is 55.0 Å². The molecule has 1 aliphatic rings. The molecular formula is C23H24N8O2. The number of nitrogens with zero attached hydrogens (tertiary/aromatic N) is 6. The minimum Gasteiger partial charge on any atom is -0.349 e. The first-order valence-corrected chi connectivity index (χ1v) is 10.7. The molecule has 1 aromatic carbocycles. The summed E-state index contributed by atoms with van der Waals surface area (Å²) in [5, 5.41) is 15.0. The third-order valence-electron chi connectivity index (χ3n) is 5.42. The summed E-state index contributed by atoms with van der Waals surface area (Å²) in [5.41, 5.74) is 3.78. The van der Waals surface area contributed by atoms with Crippen molar-refractivity contribution < 1.29 is 9.59 Å². The smallest absolute Gasteiger partial charge is 0.251 e. The van der Waals surface area contributed by atoms with Crippen molar-refractivity contribution >= 4 is 29.1 Å². The van der Waals surface area contributed by atoms with Gasteiger partial charge in [0.25, 0.3) is 5.91 Å². The summed E-state index contributed by atoms with van der Waals surface area (Å²) >= 11 is 0. The third kappa shape index (κ3) is 4.54. The molecule has 1 fully saturated rings. The Morgan fingerprint density at radius 1 is 1.15 bits per heavy atom. The van der Waals surface area contributed by atoms with E-state index in [0.717, 1.165) is 29.7 Å². The van der Waals surface area contributed by atoms with Gasteiger partial charge in [0, 0.05) is 54.9 Å². The van der Waals surface area contributed by atoms with Crippen molar-refractivity contribution in [3.63, 3.8) is 0 Å². The molecule has 10 heteroatoms. The Kier molecular flexibility index (Phi) is 5.25. The van der Waals surface area contributed by atoms with Crippen LogP contribution in [0.2, 0.25) is 0 Å². The van der Waals surface area contributed by atoms with Crippen LogP contribution in [-0.2, 0) is 11.3 Å². The van der Waals surface area contributed by atoms with Crippen molar-refractivity contribution in [3.8, 4) is 11.1 Å². The van der Waals surface area contributed by atoms with Gasteiger partial charge in [-0.15, -0.1) is 5.10 Å². The standard InChI is InChI=1S/C23H24N8O2/c1-29(2)20(32)14-30-13-16(12-24-30)19-4-3-11-31-21(19)27-23(28-31)26-18-7-5-15(6-8-18)22(33)25-17-9-10-17/h3-8,11-13,17H,9-10,14H2,1-2H3,(H,25,33)(H,26,28). The predicted molar refractivity (Wildman–Crippen MR) is 123 cm³/mol. The number of fused-ring (bicyclic) bond motifs is 1. The van der Waals surface area contributed by atoms with Crippen molar-refractivity contribution in [3.05, 3.63) is 60.6 Å². The Morgan fingerprint density at radius 2 is 1.94 bits per heavy atom. The Balaban J connectivity index is 1.34. The number of pyridine rings is 1. The Morgan fingerprint density at radius 3 is 2.67 bits per heavy atom. The second-order valence-corrected chi connectivity index (χ2v) is 8.29. The van der Waals surface area contributed by atoms with Gasteiger partial charge in [-0.1, -0.05) is 0 Å². The molecule has 0 bridgehead atoms. The maximum atomic E-state index is 12.2. The predicted octanol–water partition coefficient (Wildman–Crippen LogP) is 2.32. The van der Waals surface area contributed by atoms with Crippen molar-refractivity contribution in [2.75, 3.05) is 19.4 Å². The lowest BCUT2D eigenvalue weighted by molar-refractivity contribution is -0.129. The summed E-state index contributed by atoms with van der Waals surface area (Å²) < 4.78 is 3.30. The summed E-state index contributed by atoms with van der Waals surface area (Å²) in [6, 6.07) is 11.4. The number of hydrogen-bond acceptors (Lipinski definition) is 6.